The summed E-state index contributed by atoms with van der Waals surface area (Å²) in [5.41, 5.74) is -0.727. The number of hydrogen-bond donors (Lipinski definition) is 0. The lowest BCUT2D eigenvalue weighted by Gasteiger charge is -2.13. The van der Waals surface area contributed by atoms with Gasteiger partial charge in [0.1, 0.15) is 0 Å². The summed E-state index contributed by atoms with van der Waals surface area (Å²) < 4.78 is 51.7. The molecule has 1 aromatic rings. The number of nitro groups is 1. The Morgan fingerprint density at radius 1 is 1.31 bits per heavy atom. The minimum atomic E-state index is -5.22. The molecule has 0 amide bonds. The van der Waals surface area contributed by atoms with Gasteiger partial charge in [0, 0.05) is 6.07 Å². The van der Waals surface area contributed by atoms with Crippen LogP contribution in [0.15, 0.2) is 24.3 Å². The summed E-state index contributed by atoms with van der Waals surface area (Å²) in [5.74, 6) is -0.766. The third kappa shape index (κ3) is 2.81. The van der Waals surface area contributed by atoms with Gasteiger partial charge in [-0.1, -0.05) is 12.1 Å². The maximum absolute atomic E-state index is 12.5. The van der Waals surface area contributed by atoms with Crippen LogP contribution >= 0.6 is 0 Å². The van der Waals surface area contributed by atoms with Crippen molar-refractivity contribution in [3.05, 3.63) is 34.4 Å². The van der Waals surface area contributed by atoms with Gasteiger partial charge in [-0.25, -0.2) is 0 Å². The zero-order chi connectivity index (χ0) is 12.3. The lowest BCUT2D eigenvalue weighted by Crippen LogP contribution is -2.30. The van der Waals surface area contributed by atoms with Gasteiger partial charge in [0.05, 0.1) is 4.92 Å². The fraction of sp³-hybridized carbons (Fsp3) is 0.250. The third-order valence-corrected chi connectivity index (χ3v) is 1.55. The summed E-state index contributed by atoms with van der Waals surface area (Å²) in [6.45, 7) is 0. The summed E-state index contributed by atoms with van der Waals surface area (Å²) in [4.78, 5) is 9.41. The maximum Gasteiger partial charge on any atom is 0.457 e. The number of rotatable bonds is 3. The highest BCUT2D eigenvalue weighted by molar-refractivity contribution is 5.45. The zero-order valence-electron chi connectivity index (χ0n) is 7.57. The first-order valence-corrected chi connectivity index (χ1v) is 3.93. The second-order valence-electron chi connectivity index (χ2n) is 2.70. The number of benzene rings is 1. The van der Waals surface area contributed by atoms with Crippen molar-refractivity contribution in [1.29, 1.82) is 0 Å². The molecule has 0 aliphatic carbocycles. The fourth-order valence-electron chi connectivity index (χ4n) is 0.886. The molecule has 0 aromatic heterocycles. The van der Waals surface area contributed by atoms with Gasteiger partial charge in [0.25, 0.3) is 0 Å². The normalized spacial score (nSPS) is 13.2. The molecule has 1 aromatic carbocycles. The van der Waals surface area contributed by atoms with Crippen LogP contribution in [0, 0.1) is 10.1 Å². The number of para-hydroxylation sites is 2. The second kappa shape index (κ2) is 4.33. The zero-order valence-corrected chi connectivity index (χ0v) is 7.57. The van der Waals surface area contributed by atoms with E-state index in [-0.39, 0.29) is 0 Å². The van der Waals surface area contributed by atoms with Crippen LogP contribution in [0.2, 0.25) is 0 Å². The molecule has 0 heterocycles. The summed E-state index contributed by atoms with van der Waals surface area (Å²) in [7, 11) is 0. The molecular weight excluding hydrogens is 234 g/mol. The molecule has 88 valence electrons. The molecule has 0 spiro atoms. The van der Waals surface area contributed by atoms with E-state index in [2.05, 4.69) is 4.74 Å². The summed E-state index contributed by atoms with van der Waals surface area (Å²) in [5, 5.41) is 10.4. The van der Waals surface area contributed by atoms with Gasteiger partial charge < -0.3 is 4.74 Å². The molecule has 0 N–H and O–H groups in total. The van der Waals surface area contributed by atoms with Crippen LogP contribution < -0.4 is 4.74 Å². The SMILES string of the molecule is O=[N+]([O-])c1ccccc1O[C@@H](F)C(F)(F)F. The molecule has 0 saturated carbocycles. The van der Waals surface area contributed by atoms with Crippen molar-refractivity contribution in [3.8, 4) is 5.75 Å². The lowest BCUT2D eigenvalue weighted by molar-refractivity contribution is -0.386. The van der Waals surface area contributed by atoms with Crippen molar-refractivity contribution < 1.29 is 27.2 Å². The van der Waals surface area contributed by atoms with Gasteiger partial charge in [0.2, 0.25) is 5.75 Å². The maximum atomic E-state index is 12.5. The average Bonchev–Trinajstić information content (AvgIpc) is 2.16. The molecule has 0 saturated heterocycles. The van der Waals surface area contributed by atoms with Crippen LogP contribution in [0.25, 0.3) is 0 Å². The Morgan fingerprint density at radius 3 is 2.38 bits per heavy atom. The minimum Gasteiger partial charge on any atom is -0.445 e. The first-order valence-electron chi connectivity index (χ1n) is 3.93. The highest BCUT2D eigenvalue weighted by atomic mass is 19.4. The Morgan fingerprint density at radius 2 is 1.88 bits per heavy atom. The molecule has 4 nitrogen and oxygen atoms in total. The lowest BCUT2D eigenvalue weighted by atomic mass is 10.3. The van der Waals surface area contributed by atoms with Crippen molar-refractivity contribution in [3.63, 3.8) is 0 Å². The largest absolute Gasteiger partial charge is 0.457 e. The molecule has 0 aliphatic rings. The summed E-state index contributed by atoms with van der Waals surface area (Å²) in [6, 6.07) is 4.23. The Hall–Kier alpha value is -1.86. The average molecular weight is 239 g/mol. The predicted octanol–water partition coefficient (Wildman–Crippen LogP) is 2.83. The Kier molecular flexibility index (Phi) is 3.31. The van der Waals surface area contributed by atoms with Gasteiger partial charge in [-0.3, -0.25) is 10.1 Å². The highest BCUT2D eigenvalue weighted by Crippen LogP contribution is 2.31. The quantitative estimate of drug-likeness (QED) is 0.463. The molecule has 8 heteroatoms. The first-order chi connectivity index (χ1) is 7.32. The fourth-order valence-corrected chi connectivity index (χ4v) is 0.886. The Bertz CT molecular complexity index is 393. The van der Waals surface area contributed by atoms with Crippen molar-refractivity contribution >= 4 is 5.69 Å². The smallest absolute Gasteiger partial charge is 0.445 e. The Labute approximate surface area is 86.6 Å². The van der Waals surface area contributed by atoms with E-state index < -0.39 is 28.9 Å². The molecular formula is C8H5F4NO3. The number of nitrogens with zero attached hydrogens (tertiary/aromatic N) is 1. The monoisotopic (exact) mass is 239 g/mol. The number of ether oxygens (including phenoxy) is 1. The van der Waals surface area contributed by atoms with E-state index in [1.807, 2.05) is 0 Å². The Balaban J connectivity index is 2.93. The van der Waals surface area contributed by atoms with Gasteiger partial charge in [-0.15, -0.1) is 0 Å². The molecule has 16 heavy (non-hydrogen) atoms. The molecule has 0 bridgehead atoms. The van der Waals surface area contributed by atoms with Crippen molar-refractivity contribution in [2.24, 2.45) is 0 Å². The van der Waals surface area contributed by atoms with E-state index >= 15 is 0 Å². The van der Waals surface area contributed by atoms with E-state index in [1.54, 1.807) is 0 Å². The van der Waals surface area contributed by atoms with Crippen LogP contribution in [0.1, 0.15) is 0 Å². The van der Waals surface area contributed by atoms with Gasteiger partial charge in [-0.2, -0.15) is 17.6 Å². The van der Waals surface area contributed by atoms with Gasteiger partial charge >= 0.3 is 18.2 Å². The van der Waals surface area contributed by atoms with E-state index in [0.29, 0.717) is 0 Å². The number of hydrogen-bond acceptors (Lipinski definition) is 3. The topological polar surface area (TPSA) is 52.4 Å². The highest BCUT2D eigenvalue weighted by Gasteiger charge is 2.43. The second-order valence-corrected chi connectivity index (χ2v) is 2.70. The van der Waals surface area contributed by atoms with Crippen LogP contribution in [0.4, 0.5) is 23.2 Å². The molecule has 1 rings (SSSR count). The van der Waals surface area contributed by atoms with E-state index in [9.17, 15) is 27.7 Å². The number of alkyl halides is 4. The van der Waals surface area contributed by atoms with Crippen molar-refractivity contribution in [1.82, 2.24) is 0 Å². The molecule has 0 aliphatic heterocycles. The van der Waals surface area contributed by atoms with E-state index in [0.717, 1.165) is 12.1 Å². The van der Waals surface area contributed by atoms with Gasteiger partial charge in [0.15, 0.2) is 0 Å². The van der Waals surface area contributed by atoms with E-state index in [1.165, 1.54) is 12.1 Å². The molecule has 0 unspecified atom stereocenters. The predicted molar refractivity (Wildman–Crippen MR) is 44.7 cm³/mol. The summed E-state index contributed by atoms with van der Waals surface area (Å²) in [6.07, 6.45) is -8.81. The first kappa shape index (κ1) is 12.2. The van der Waals surface area contributed by atoms with Crippen molar-refractivity contribution in [2.75, 3.05) is 0 Å². The van der Waals surface area contributed by atoms with E-state index in [4.69, 9.17) is 0 Å². The van der Waals surface area contributed by atoms with Crippen molar-refractivity contribution in [2.45, 2.75) is 12.5 Å². The molecule has 0 radical (unpaired) electrons. The van der Waals surface area contributed by atoms with Crippen LogP contribution in [-0.2, 0) is 0 Å². The molecule has 1 atom stereocenters. The van der Waals surface area contributed by atoms with Crippen LogP contribution in [0.3, 0.4) is 0 Å². The van der Waals surface area contributed by atoms with Crippen LogP contribution in [0.5, 0.6) is 5.75 Å². The van der Waals surface area contributed by atoms with Gasteiger partial charge in [-0.05, 0) is 6.07 Å². The number of nitro benzene ring substituents is 1. The standard InChI is InChI=1S/C8H5F4NO3/c9-7(8(10,11)12)16-6-4-2-1-3-5(6)13(14)15/h1-4,7H/t7-/m1/s1. The van der Waals surface area contributed by atoms with Crippen LogP contribution in [-0.4, -0.2) is 17.5 Å². The number of halogens is 4. The summed E-state index contributed by atoms with van der Waals surface area (Å²) >= 11 is 0. The minimum absolute atomic E-state index is 0.727. The third-order valence-electron chi connectivity index (χ3n) is 1.55. The molecule has 0 fully saturated rings.